The number of hydrogen-bond donors (Lipinski definition) is 1. The molecule has 0 heterocycles. The Labute approximate surface area is 165 Å². The molecule has 0 aliphatic heterocycles. The van der Waals surface area contributed by atoms with Gasteiger partial charge in [0.15, 0.2) is 0 Å². The number of ether oxygens (including phenoxy) is 1. The fourth-order valence-corrected chi connectivity index (χ4v) is 2.89. The molecule has 0 fully saturated rings. The number of nitrogens with one attached hydrogen (secondary N) is 1. The van der Waals surface area contributed by atoms with Gasteiger partial charge in [-0.05, 0) is 36.2 Å². The van der Waals surface area contributed by atoms with Crippen LogP contribution in [-0.2, 0) is 22.7 Å². The normalized spacial score (nSPS) is 11.6. The number of carbonyl (C=O) groups is 2. The van der Waals surface area contributed by atoms with Gasteiger partial charge in [-0.25, -0.2) is 0 Å². The molecule has 2 aromatic rings. The molecule has 0 unspecified atom stereocenters. The standard InChI is InChI=1S/C21H25ClN2O3/c1-4-20(25)24(14-16-9-11-18(27-3)12-10-16)15(2)21(26)23-13-17-7-5-6-8-19(17)22/h5-12,15H,4,13-14H2,1-3H3,(H,23,26)/t15-/m0/s1. The first kappa shape index (κ1) is 20.8. The first-order valence-electron chi connectivity index (χ1n) is 8.89. The molecule has 2 aromatic carbocycles. The summed E-state index contributed by atoms with van der Waals surface area (Å²) >= 11 is 6.13. The van der Waals surface area contributed by atoms with E-state index in [0.717, 1.165) is 16.9 Å². The van der Waals surface area contributed by atoms with E-state index in [1.807, 2.05) is 42.5 Å². The number of rotatable bonds is 8. The molecule has 0 bridgehead atoms. The molecule has 0 aromatic heterocycles. The van der Waals surface area contributed by atoms with Crippen LogP contribution in [0, 0.1) is 0 Å². The first-order chi connectivity index (χ1) is 13.0. The Morgan fingerprint density at radius 1 is 1.15 bits per heavy atom. The monoisotopic (exact) mass is 388 g/mol. The van der Waals surface area contributed by atoms with Gasteiger partial charge in [-0.1, -0.05) is 48.9 Å². The van der Waals surface area contributed by atoms with Crippen LogP contribution in [0.15, 0.2) is 48.5 Å². The second-order valence-electron chi connectivity index (χ2n) is 6.21. The fraction of sp³-hybridized carbons (Fsp3) is 0.333. The topological polar surface area (TPSA) is 58.6 Å². The second-order valence-corrected chi connectivity index (χ2v) is 6.62. The van der Waals surface area contributed by atoms with Gasteiger partial charge in [0.25, 0.3) is 0 Å². The zero-order chi connectivity index (χ0) is 19.8. The SMILES string of the molecule is CCC(=O)N(Cc1ccc(OC)cc1)[C@@H](C)C(=O)NCc1ccccc1Cl. The van der Waals surface area contributed by atoms with Crippen LogP contribution >= 0.6 is 11.6 Å². The molecule has 27 heavy (non-hydrogen) atoms. The minimum Gasteiger partial charge on any atom is -0.497 e. The fourth-order valence-electron chi connectivity index (χ4n) is 2.69. The lowest BCUT2D eigenvalue weighted by atomic mass is 10.1. The third kappa shape index (κ3) is 5.73. The second kappa shape index (κ2) is 9.97. The van der Waals surface area contributed by atoms with Crippen molar-refractivity contribution in [3.05, 3.63) is 64.7 Å². The van der Waals surface area contributed by atoms with Crippen molar-refractivity contribution in [1.29, 1.82) is 0 Å². The Hall–Kier alpha value is -2.53. The molecule has 2 rings (SSSR count). The van der Waals surface area contributed by atoms with Crippen molar-refractivity contribution in [1.82, 2.24) is 10.2 Å². The van der Waals surface area contributed by atoms with Gasteiger partial charge in [-0.2, -0.15) is 0 Å². The number of hydrogen-bond acceptors (Lipinski definition) is 3. The van der Waals surface area contributed by atoms with E-state index in [1.54, 1.807) is 31.9 Å². The van der Waals surface area contributed by atoms with Crippen LogP contribution in [-0.4, -0.2) is 29.9 Å². The van der Waals surface area contributed by atoms with Gasteiger partial charge in [0.1, 0.15) is 11.8 Å². The van der Waals surface area contributed by atoms with Gasteiger partial charge in [-0.15, -0.1) is 0 Å². The van der Waals surface area contributed by atoms with Gasteiger partial charge in [0, 0.05) is 24.5 Å². The number of nitrogens with zero attached hydrogens (tertiary/aromatic N) is 1. The highest BCUT2D eigenvalue weighted by atomic mass is 35.5. The molecule has 0 radical (unpaired) electrons. The molecule has 0 spiro atoms. The lowest BCUT2D eigenvalue weighted by Crippen LogP contribution is -2.47. The van der Waals surface area contributed by atoms with E-state index in [-0.39, 0.29) is 11.8 Å². The lowest BCUT2D eigenvalue weighted by molar-refractivity contribution is -0.140. The largest absolute Gasteiger partial charge is 0.497 e. The van der Waals surface area contributed by atoms with Gasteiger partial charge >= 0.3 is 0 Å². The summed E-state index contributed by atoms with van der Waals surface area (Å²) in [5.41, 5.74) is 1.77. The Bertz CT molecular complexity index is 777. The maximum Gasteiger partial charge on any atom is 0.242 e. The number of methoxy groups -OCH3 is 1. The van der Waals surface area contributed by atoms with Crippen LogP contribution in [0.25, 0.3) is 0 Å². The van der Waals surface area contributed by atoms with Gasteiger partial charge in [0.2, 0.25) is 11.8 Å². The molecule has 0 aliphatic carbocycles. The zero-order valence-corrected chi connectivity index (χ0v) is 16.6. The zero-order valence-electron chi connectivity index (χ0n) is 15.9. The van der Waals surface area contributed by atoms with E-state index >= 15 is 0 Å². The summed E-state index contributed by atoms with van der Waals surface area (Å²) in [4.78, 5) is 26.6. The predicted octanol–water partition coefficient (Wildman–Crippen LogP) is 3.79. The Balaban J connectivity index is 2.06. The molecular formula is C21H25ClN2O3. The first-order valence-corrected chi connectivity index (χ1v) is 9.27. The quantitative estimate of drug-likeness (QED) is 0.748. The molecule has 0 saturated carbocycles. The molecular weight excluding hydrogens is 364 g/mol. The van der Waals surface area contributed by atoms with Crippen molar-refractivity contribution in [3.8, 4) is 5.75 Å². The number of amides is 2. The van der Waals surface area contributed by atoms with Crippen molar-refractivity contribution in [2.45, 2.75) is 39.4 Å². The number of benzene rings is 2. The van der Waals surface area contributed by atoms with E-state index in [4.69, 9.17) is 16.3 Å². The highest BCUT2D eigenvalue weighted by molar-refractivity contribution is 6.31. The van der Waals surface area contributed by atoms with Crippen LogP contribution in [0.5, 0.6) is 5.75 Å². The number of carbonyl (C=O) groups excluding carboxylic acids is 2. The van der Waals surface area contributed by atoms with Crippen LogP contribution in [0.4, 0.5) is 0 Å². The Kier molecular flexibility index (Phi) is 7.67. The average Bonchev–Trinajstić information content (AvgIpc) is 2.70. The highest BCUT2D eigenvalue weighted by Crippen LogP contribution is 2.17. The van der Waals surface area contributed by atoms with Gasteiger partial charge < -0.3 is 15.0 Å². The summed E-state index contributed by atoms with van der Waals surface area (Å²) in [6.45, 7) is 4.20. The third-order valence-electron chi connectivity index (χ3n) is 4.39. The molecule has 5 nitrogen and oxygen atoms in total. The smallest absolute Gasteiger partial charge is 0.242 e. The van der Waals surface area contributed by atoms with Crippen molar-refractivity contribution in [3.63, 3.8) is 0 Å². The maximum absolute atomic E-state index is 12.6. The van der Waals surface area contributed by atoms with Crippen molar-refractivity contribution in [2.24, 2.45) is 0 Å². The van der Waals surface area contributed by atoms with Crippen molar-refractivity contribution < 1.29 is 14.3 Å². The summed E-state index contributed by atoms with van der Waals surface area (Å²) in [5.74, 6) is 0.453. The molecule has 144 valence electrons. The average molecular weight is 389 g/mol. The van der Waals surface area contributed by atoms with Gasteiger partial charge in [-0.3, -0.25) is 9.59 Å². The summed E-state index contributed by atoms with van der Waals surface area (Å²) in [6.07, 6.45) is 0.332. The minimum absolute atomic E-state index is 0.0776. The Morgan fingerprint density at radius 3 is 2.41 bits per heavy atom. The highest BCUT2D eigenvalue weighted by Gasteiger charge is 2.25. The molecule has 2 amide bonds. The summed E-state index contributed by atoms with van der Waals surface area (Å²) < 4.78 is 5.16. The van der Waals surface area contributed by atoms with Gasteiger partial charge in [0.05, 0.1) is 7.11 Å². The Morgan fingerprint density at radius 2 is 1.81 bits per heavy atom. The molecule has 1 atom stereocenters. The van der Waals surface area contributed by atoms with Crippen LogP contribution in [0.1, 0.15) is 31.4 Å². The molecule has 6 heteroatoms. The van der Waals surface area contributed by atoms with E-state index in [0.29, 0.717) is 24.5 Å². The van der Waals surface area contributed by atoms with Crippen LogP contribution in [0.3, 0.4) is 0 Å². The number of halogens is 1. The van der Waals surface area contributed by atoms with E-state index < -0.39 is 6.04 Å². The van der Waals surface area contributed by atoms with Crippen molar-refractivity contribution >= 4 is 23.4 Å². The minimum atomic E-state index is -0.595. The van der Waals surface area contributed by atoms with Crippen LogP contribution in [0.2, 0.25) is 5.02 Å². The summed E-state index contributed by atoms with van der Waals surface area (Å²) in [5, 5.41) is 3.47. The summed E-state index contributed by atoms with van der Waals surface area (Å²) in [7, 11) is 1.60. The molecule has 0 aliphatic rings. The van der Waals surface area contributed by atoms with Crippen molar-refractivity contribution in [2.75, 3.05) is 7.11 Å². The summed E-state index contributed by atoms with van der Waals surface area (Å²) in [6, 6.07) is 14.2. The van der Waals surface area contributed by atoms with E-state index in [9.17, 15) is 9.59 Å². The third-order valence-corrected chi connectivity index (χ3v) is 4.76. The maximum atomic E-state index is 12.6. The molecule has 1 N–H and O–H groups in total. The van der Waals surface area contributed by atoms with E-state index in [1.165, 1.54) is 0 Å². The van der Waals surface area contributed by atoms with E-state index in [2.05, 4.69) is 5.32 Å². The van der Waals surface area contributed by atoms with Crippen LogP contribution < -0.4 is 10.1 Å². The molecule has 0 saturated heterocycles. The predicted molar refractivity (Wildman–Crippen MR) is 107 cm³/mol. The lowest BCUT2D eigenvalue weighted by Gasteiger charge is -2.28.